The standard InChI is InChI=1S/C14H22N4O3.ClH/c15-10-4-3-7-17(8-10)11(19)9-18-12(20)14(16-13(18)21)5-1-2-6-14;/h10H,1-9,15H2,(H,16,21);1H. The molecule has 1 atom stereocenters. The van der Waals surface area contributed by atoms with E-state index in [0.29, 0.717) is 25.9 Å². The van der Waals surface area contributed by atoms with E-state index in [1.54, 1.807) is 4.90 Å². The van der Waals surface area contributed by atoms with E-state index >= 15 is 0 Å². The number of hydrogen-bond acceptors (Lipinski definition) is 4. The Morgan fingerprint density at radius 3 is 2.59 bits per heavy atom. The van der Waals surface area contributed by atoms with Crippen molar-refractivity contribution >= 4 is 30.3 Å². The summed E-state index contributed by atoms with van der Waals surface area (Å²) in [6.07, 6.45) is 5.02. The van der Waals surface area contributed by atoms with Crippen LogP contribution in [-0.2, 0) is 9.59 Å². The summed E-state index contributed by atoms with van der Waals surface area (Å²) in [6.45, 7) is 0.994. The number of likely N-dealkylation sites (tertiary alicyclic amines) is 1. The van der Waals surface area contributed by atoms with Gasteiger partial charge in [0.05, 0.1) is 0 Å². The van der Waals surface area contributed by atoms with Crippen molar-refractivity contribution in [3.63, 3.8) is 0 Å². The fourth-order valence-electron chi connectivity index (χ4n) is 3.61. The molecule has 3 fully saturated rings. The largest absolute Gasteiger partial charge is 0.340 e. The highest BCUT2D eigenvalue weighted by atomic mass is 35.5. The first kappa shape index (κ1) is 17.0. The zero-order valence-corrected chi connectivity index (χ0v) is 13.4. The molecule has 1 spiro atoms. The van der Waals surface area contributed by atoms with Gasteiger partial charge < -0.3 is 16.0 Å². The van der Waals surface area contributed by atoms with Gasteiger partial charge in [0, 0.05) is 19.1 Å². The van der Waals surface area contributed by atoms with Gasteiger partial charge in [-0.2, -0.15) is 0 Å². The van der Waals surface area contributed by atoms with Gasteiger partial charge in [0.2, 0.25) is 5.91 Å². The van der Waals surface area contributed by atoms with E-state index in [4.69, 9.17) is 5.73 Å². The second-order valence-corrected chi connectivity index (χ2v) is 6.35. The minimum atomic E-state index is -0.740. The first-order chi connectivity index (χ1) is 10.0. The number of hydrogen-bond donors (Lipinski definition) is 2. The van der Waals surface area contributed by atoms with Crippen molar-refractivity contribution in [2.45, 2.75) is 50.1 Å². The van der Waals surface area contributed by atoms with Gasteiger partial charge in [0.1, 0.15) is 12.1 Å². The molecule has 2 saturated heterocycles. The third-order valence-electron chi connectivity index (χ3n) is 4.81. The molecule has 7 nitrogen and oxygen atoms in total. The SMILES string of the molecule is Cl.NC1CCCN(C(=O)CN2C(=O)NC3(CCCC3)C2=O)C1. The molecule has 3 aliphatic rings. The van der Waals surface area contributed by atoms with Crippen LogP contribution in [0.15, 0.2) is 0 Å². The predicted molar refractivity (Wildman–Crippen MR) is 82.5 cm³/mol. The first-order valence-electron chi connectivity index (χ1n) is 7.69. The second kappa shape index (κ2) is 6.42. The van der Waals surface area contributed by atoms with Crippen LogP contribution in [0, 0.1) is 0 Å². The average molecular weight is 331 g/mol. The zero-order chi connectivity index (χ0) is 15.0. The van der Waals surface area contributed by atoms with Crippen LogP contribution in [0.2, 0.25) is 0 Å². The van der Waals surface area contributed by atoms with Crippen LogP contribution in [0.25, 0.3) is 0 Å². The van der Waals surface area contributed by atoms with Crippen molar-refractivity contribution in [1.82, 2.24) is 15.1 Å². The Morgan fingerprint density at radius 1 is 1.27 bits per heavy atom. The highest BCUT2D eigenvalue weighted by Crippen LogP contribution is 2.34. The smallest absolute Gasteiger partial charge is 0.325 e. The number of piperidine rings is 1. The summed E-state index contributed by atoms with van der Waals surface area (Å²) in [6, 6.07) is -0.441. The fourth-order valence-corrected chi connectivity index (χ4v) is 3.61. The molecule has 1 saturated carbocycles. The van der Waals surface area contributed by atoms with Crippen LogP contribution < -0.4 is 11.1 Å². The van der Waals surface area contributed by atoms with Crippen LogP contribution in [0.3, 0.4) is 0 Å². The van der Waals surface area contributed by atoms with E-state index in [1.165, 1.54) is 0 Å². The van der Waals surface area contributed by atoms with Crippen LogP contribution in [0.4, 0.5) is 4.79 Å². The Hall–Kier alpha value is -1.34. The predicted octanol–water partition coefficient (Wildman–Crippen LogP) is 0.222. The Morgan fingerprint density at radius 2 is 1.95 bits per heavy atom. The van der Waals surface area contributed by atoms with Gasteiger partial charge in [-0.15, -0.1) is 12.4 Å². The summed E-state index contributed by atoms with van der Waals surface area (Å²) in [7, 11) is 0. The average Bonchev–Trinajstić information content (AvgIpc) is 3.00. The molecule has 1 unspecified atom stereocenters. The normalized spacial score (nSPS) is 27.0. The number of halogens is 1. The zero-order valence-electron chi connectivity index (χ0n) is 12.5. The summed E-state index contributed by atoms with van der Waals surface area (Å²) >= 11 is 0. The number of urea groups is 1. The van der Waals surface area contributed by atoms with Gasteiger partial charge in [0.15, 0.2) is 0 Å². The maximum atomic E-state index is 12.5. The van der Waals surface area contributed by atoms with Gasteiger partial charge in [-0.3, -0.25) is 14.5 Å². The number of nitrogens with one attached hydrogen (secondary N) is 1. The van der Waals surface area contributed by atoms with E-state index in [2.05, 4.69) is 5.32 Å². The number of carbonyl (C=O) groups excluding carboxylic acids is 3. The van der Waals surface area contributed by atoms with Gasteiger partial charge in [-0.1, -0.05) is 12.8 Å². The van der Waals surface area contributed by atoms with Crippen molar-refractivity contribution in [3.05, 3.63) is 0 Å². The Bertz CT molecular complexity index is 479. The highest BCUT2D eigenvalue weighted by Gasteiger charge is 2.52. The second-order valence-electron chi connectivity index (χ2n) is 6.35. The Balaban J connectivity index is 0.00000176. The third kappa shape index (κ3) is 2.92. The highest BCUT2D eigenvalue weighted by molar-refractivity contribution is 6.09. The number of rotatable bonds is 2. The molecule has 0 bridgehead atoms. The van der Waals surface area contributed by atoms with Crippen LogP contribution in [0.5, 0.6) is 0 Å². The minimum absolute atomic E-state index is 0. The van der Waals surface area contributed by atoms with Crippen molar-refractivity contribution in [1.29, 1.82) is 0 Å². The molecule has 1 aliphatic carbocycles. The number of imide groups is 1. The lowest BCUT2D eigenvalue weighted by atomic mass is 9.98. The Kier molecular flexibility index (Phi) is 4.97. The summed E-state index contributed by atoms with van der Waals surface area (Å²) in [5.74, 6) is -0.427. The monoisotopic (exact) mass is 330 g/mol. The first-order valence-corrected chi connectivity index (χ1v) is 7.69. The molecule has 8 heteroatoms. The number of carbonyl (C=O) groups is 3. The van der Waals surface area contributed by atoms with E-state index in [9.17, 15) is 14.4 Å². The van der Waals surface area contributed by atoms with E-state index in [1.807, 2.05) is 0 Å². The number of nitrogens with two attached hydrogens (primary N) is 1. The van der Waals surface area contributed by atoms with Crippen molar-refractivity contribution < 1.29 is 14.4 Å². The van der Waals surface area contributed by atoms with Crippen LogP contribution in [0.1, 0.15) is 38.5 Å². The van der Waals surface area contributed by atoms with E-state index in [0.717, 1.165) is 30.6 Å². The summed E-state index contributed by atoms with van der Waals surface area (Å²) in [5.41, 5.74) is 5.13. The molecular weight excluding hydrogens is 308 g/mol. The van der Waals surface area contributed by atoms with Gasteiger partial charge >= 0.3 is 6.03 Å². The third-order valence-corrected chi connectivity index (χ3v) is 4.81. The summed E-state index contributed by atoms with van der Waals surface area (Å²) in [5, 5.41) is 2.79. The molecule has 124 valence electrons. The lowest BCUT2D eigenvalue weighted by Gasteiger charge is -2.31. The number of amides is 4. The molecule has 0 aromatic heterocycles. The molecule has 0 aromatic carbocycles. The lowest BCUT2D eigenvalue weighted by molar-refractivity contribution is -0.139. The molecule has 4 amide bonds. The fraction of sp³-hybridized carbons (Fsp3) is 0.786. The molecule has 3 rings (SSSR count). The molecule has 2 heterocycles. The Labute approximate surface area is 136 Å². The maximum absolute atomic E-state index is 12.5. The van der Waals surface area contributed by atoms with Gasteiger partial charge in [0.25, 0.3) is 5.91 Å². The quantitative estimate of drug-likeness (QED) is 0.708. The molecular formula is C14H23ClN4O3. The minimum Gasteiger partial charge on any atom is -0.340 e. The van der Waals surface area contributed by atoms with E-state index in [-0.39, 0.29) is 36.8 Å². The van der Waals surface area contributed by atoms with Crippen molar-refractivity contribution in [2.24, 2.45) is 5.73 Å². The maximum Gasteiger partial charge on any atom is 0.325 e. The molecule has 3 N–H and O–H groups in total. The topological polar surface area (TPSA) is 95.7 Å². The number of nitrogens with zero attached hydrogens (tertiary/aromatic N) is 2. The molecule has 0 radical (unpaired) electrons. The van der Waals surface area contributed by atoms with Crippen molar-refractivity contribution in [2.75, 3.05) is 19.6 Å². The molecule has 0 aromatic rings. The van der Waals surface area contributed by atoms with Crippen LogP contribution in [-0.4, -0.2) is 58.9 Å². The van der Waals surface area contributed by atoms with Crippen molar-refractivity contribution in [3.8, 4) is 0 Å². The summed E-state index contributed by atoms with van der Waals surface area (Å²) < 4.78 is 0. The van der Waals surface area contributed by atoms with Crippen LogP contribution >= 0.6 is 12.4 Å². The van der Waals surface area contributed by atoms with E-state index < -0.39 is 11.6 Å². The molecule has 2 aliphatic heterocycles. The van der Waals surface area contributed by atoms with Gasteiger partial charge in [-0.05, 0) is 25.7 Å². The molecule has 22 heavy (non-hydrogen) atoms. The van der Waals surface area contributed by atoms with Gasteiger partial charge in [-0.25, -0.2) is 4.79 Å². The summed E-state index contributed by atoms with van der Waals surface area (Å²) in [4.78, 5) is 39.5. The lowest BCUT2D eigenvalue weighted by Crippen LogP contribution is -2.50.